The number of nitrogens with two attached hydrogens (primary N) is 1. The first-order valence-electron chi connectivity index (χ1n) is 8.14. The lowest BCUT2D eigenvalue weighted by Crippen LogP contribution is -2.32. The summed E-state index contributed by atoms with van der Waals surface area (Å²) in [6, 6.07) is 1.00. The van der Waals surface area contributed by atoms with E-state index in [4.69, 9.17) is 5.73 Å². The molecule has 1 unspecified atom stereocenters. The van der Waals surface area contributed by atoms with E-state index in [0.29, 0.717) is 0 Å². The Labute approximate surface area is 122 Å². The van der Waals surface area contributed by atoms with E-state index in [1.165, 1.54) is 43.6 Å². The van der Waals surface area contributed by atoms with Gasteiger partial charge < -0.3 is 10.6 Å². The third-order valence-corrected chi connectivity index (χ3v) is 4.72. The fraction of sp³-hybridized carbons (Fsp3) is 0.812. The lowest BCUT2D eigenvalue weighted by molar-refractivity contribution is 0.632. The average Bonchev–Trinajstić information content (AvgIpc) is 3.28. The molecule has 4 nitrogen and oxygen atoms in total. The highest BCUT2D eigenvalue weighted by Crippen LogP contribution is 2.39. The van der Waals surface area contributed by atoms with Crippen LogP contribution >= 0.6 is 0 Å². The molecule has 0 radical (unpaired) electrons. The van der Waals surface area contributed by atoms with Crippen LogP contribution in [0.15, 0.2) is 0 Å². The van der Waals surface area contributed by atoms with Gasteiger partial charge in [-0.15, -0.1) is 0 Å². The fourth-order valence-corrected chi connectivity index (χ4v) is 3.07. The van der Waals surface area contributed by atoms with Crippen LogP contribution in [0.25, 0.3) is 0 Å². The molecule has 0 aromatic carbocycles. The van der Waals surface area contributed by atoms with Gasteiger partial charge >= 0.3 is 0 Å². The van der Waals surface area contributed by atoms with E-state index in [1.807, 2.05) is 0 Å². The minimum atomic E-state index is 0.249. The van der Waals surface area contributed by atoms with Crippen molar-refractivity contribution in [3.05, 3.63) is 11.3 Å². The van der Waals surface area contributed by atoms with E-state index in [-0.39, 0.29) is 6.04 Å². The predicted octanol–water partition coefficient (Wildman–Crippen LogP) is 2.39. The van der Waals surface area contributed by atoms with Crippen LogP contribution in [-0.2, 0) is 13.5 Å². The number of aryl methyl sites for hydroxylation is 2. The van der Waals surface area contributed by atoms with Gasteiger partial charge in [0, 0.05) is 31.2 Å². The van der Waals surface area contributed by atoms with Crippen LogP contribution in [0, 0.1) is 12.8 Å². The number of hydrogen-bond donors (Lipinski definition) is 1. The summed E-state index contributed by atoms with van der Waals surface area (Å²) in [4.78, 5) is 2.63. The van der Waals surface area contributed by atoms with E-state index in [2.05, 4.69) is 35.6 Å². The molecular weight excluding hydrogens is 248 g/mol. The number of rotatable bonds is 7. The quantitative estimate of drug-likeness (QED) is 0.832. The van der Waals surface area contributed by atoms with Crippen LogP contribution in [0.5, 0.6) is 0 Å². The molecule has 1 aromatic rings. The van der Waals surface area contributed by atoms with Gasteiger partial charge in [0.05, 0.1) is 5.69 Å². The van der Waals surface area contributed by atoms with Gasteiger partial charge in [0.15, 0.2) is 0 Å². The molecule has 0 spiro atoms. The molecule has 2 aliphatic rings. The first kappa shape index (κ1) is 13.9. The molecule has 0 amide bonds. The summed E-state index contributed by atoms with van der Waals surface area (Å²) < 4.78 is 2.09. The van der Waals surface area contributed by atoms with Gasteiger partial charge in [-0.2, -0.15) is 5.10 Å². The zero-order valence-electron chi connectivity index (χ0n) is 13.1. The Morgan fingerprint density at radius 3 is 2.60 bits per heavy atom. The topological polar surface area (TPSA) is 47.1 Å². The van der Waals surface area contributed by atoms with Gasteiger partial charge in [-0.05, 0) is 51.4 Å². The largest absolute Gasteiger partial charge is 0.353 e. The molecule has 0 bridgehead atoms. The lowest BCUT2D eigenvalue weighted by Gasteiger charge is -2.26. The van der Waals surface area contributed by atoms with Gasteiger partial charge in [0.2, 0.25) is 0 Å². The normalized spacial score (nSPS) is 20.2. The number of anilines is 1. The van der Waals surface area contributed by atoms with Crippen molar-refractivity contribution in [3.8, 4) is 0 Å². The Hall–Kier alpha value is -1.03. The first-order chi connectivity index (χ1) is 9.60. The monoisotopic (exact) mass is 276 g/mol. The maximum atomic E-state index is 6.20. The molecule has 2 aliphatic carbocycles. The standard InChI is InChI=1S/C16H28N4/c1-4-13(17)9-15-11(2)18-19(3)16(15)20(14-7-8-14)10-12-5-6-12/h12-14H,4-10,17H2,1-3H3. The van der Waals surface area contributed by atoms with Gasteiger partial charge in [-0.3, -0.25) is 4.68 Å². The minimum Gasteiger partial charge on any atom is -0.353 e. The molecular formula is C16H28N4. The van der Waals surface area contributed by atoms with Crippen molar-refractivity contribution < 1.29 is 0 Å². The highest BCUT2D eigenvalue weighted by atomic mass is 15.4. The molecule has 1 aromatic heterocycles. The van der Waals surface area contributed by atoms with Crippen LogP contribution in [0.2, 0.25) is 0 Å². The van der Waals surface area contributed by atoms with E-state index in [0.717, 1.165) is 30.5 Å². The third-order valence-electron chi connectivity index (χ3n) is 4.72. The molecule has 3 rings (SSSR count). The molecule has 4 heteroatoms. The van der Waals surface area contributed by atoms with Gasteiger partial charge in [-0.1, -0.05) is 6.92 Å². The molecule has 1 atom stereocenters. The minimum absolute atomic E-state index is 0.249. The Morgan fingerprint density at radius 1 is 1.35 bits per heavy atom. The summed E-state index contributed by atoms with van der Waals surface area (Å²) in [6.07, 6.45) is 7.49. The van der Waals surface area contributed by atoms with E-state index >= 15 is 0 Å². The first-order valence-corrected chi connectivity index (χ1v) is 8.14. The Morgan fingerprint density at radius 2 is 2.05 bits per heavy atom. The second-order valence-corrected chi connectivity index (χ2v) is 6.71. The summed E-state index contributed by atoms with van der Waals surface area (Å²) in [5.74, 6) is 2.26. The van der Waals surface area contributed by atoms with E-state index in [1.54, 1.807) is 0 Å². The predicted molar refractivity (Wildman–Crippen MR) is 83.0 cm³/mol. The van der Waals surface area contributed by atoms with Gasteiger partial charge in [0.1, 0.15) is 5.82 Å². The molecule has 2 N–H and O–H groups in total. The van der Waals surface area contributed by atoms with Crippen molar-refractivity contribution in [2.75, 3.05) is 11.4 Å². The molecule has 1 heterocycles. The number of nitrogens with zero attached hydrogens (tertiary/aromatic N) is 3. The maximum absolute atomic E-state index is 6.20. The molecule has 0 aliphatic heterocycles. The van der Waals surface area contributed by atoms with Crippen molar-refractivity contribution in [1.82, 2.24) is 9.78 Å². The van der Waals surface area contributed by atoms with Crippen molar-refractivity contribution in [2.24, 2.45) is 18.7 Å². The number of aromatic nitrogens is 2. The van der Waals surface area contributed by atoms with Crippen LogP contribution in [0.3, 0.4) is 0 Å². The summed E-state index contributed by atoms with van der Waals surface area (Å²) in [5, 5.41) is 4.68. The van der Waals surface area contributed by atoms with Crippen LogP contribution in [0.1, 0.15) is 50.3 Å². The lowest BCUT2D eigenvalue weighted by atomic mass is 10.0. The Balaban J connectivity index is 1.88. The SMILES string of the molecule is CCC(N)Cc1c(C)nn(C)c1N(CC1CC1)C1CC1. The molecule has 20 heavy (non-hydrogen) atoms. The average molecular weight is 276 g/mol. The maximum Gasteiger partial charge on any atom is 0.130 e. The van der Waals surface area contributed by atoms with E-state index in [9.17, 15) is 0 Å². The number of hydrogen-bond acceptors (Lipinski definition) is 3. The van der Waals surface area contributed by atoms with Crippen LogP contribution in [-0.4, -0.2) is 28.4 Å². The van der Waals surface area contributed by atoms with Crippen LogP contribution in [0.4, 0.5) is 5.82 Å². The highest BCUT2D eigenvalue weighted by molar-refractivity contribution is 5.52. The van der Waals surface area contributed by atoms with Gasteiger partial charge in [-0.25, -0.2) is 0 Å². The summed E-state index contributed by atoms with van der Waals surface area (Å²) in [5.41, 5.74) is 8.75. The fourth-order valence-electron chi connectivity index (χ4n) is 3.07. The van der Waals surface area contributed by atoms with Crippen molar-refractivity contribution in [2.45, 2.75) is 64.5 Å². The zero-order chi connectivity index (χ0) is 14.3. The highest BCUT2D eigenvalue weighted by Gasteiger charge is 2.36. The van der Waals surface area contributed by atoms with E-state index < -0.39 is 0 Å². The Bertz CT molecular complexity index is 471. The molecule has 2 fully saturated rings. The van der Waals surface area contributed by atoms with Crippen LogP contribution < -0.4 is 10.6 Å². The summed E-state index contributed by atoms with van der Waals surface area (Å²) >= 11 is 0. The van der Waals surface area contributed by atoms with Crippen molar-refractivity contribution in [1.29, 1.82) is 0 Å². The smallest absolute Gasteiger partial charge is 0.130 e. The molecule has 2 saturated carbocycles. The zero-order valence-corrected chi connectivity index (χ0v) is 13.1. The second kappa shape index (κ2) is 5.40. The van der Waals surface area contributed by atoms with Crippen molar-refractivity contribution >= 4 is 5.82 Å². The van der Waals surface area contributed by atoms with Gasteiger partial charge in [0.25, 0.3) is 0 Å². The molecule has 0 saturated heterocycles. The summed E-state index contributed by atoms with van der Waals surface area (Å²) in [6.45, 7) is 5.51. The van der Waals surface area contributed by atoms with Crippen molar-refractivity contribution in [3.63, 3.8) is 0 Å². The Kier molecular flexibility index (Phi) is 3.76. The molecule has 112 valence electrons. The second-order valence-electron chi connectivity index (χ2n) is 6.71. The third kappa shape index (κ3) is 2.85. The summed E-state index contributed by atoms with van der Waals surface area (Å²) in [7, 11) is 2.09.